The van der Waals surface area contributed by atoms with Gasteiger partial charge in [-0.3, -0.25) is 9.59 Å². The molecule has 1 atom stereocenters. The first-order valence-electron chi connectivity index (χ1n) is 8.29. The zero-order valence-corrected chi connectivity index (χ0v) is 14.4. The Hall–Kier alpha value is -3.28. The van der Waals surface area contributed by atoms with Gasteiger partial charge in [0, 0.05) is 13.5 Å². The molecule has 1 unspecified atom stereocenters. The van der Waals surface area contributed by atoms with Crippen LogP contribution in [0.1, 0.15) is 21.9 Å². The molecule has 0 bridgehead atoms. The molecule has 1 N–H and O–H groups in total. The van der Waals surface area contributed by atoms with Crippen LogP contribution in [0.15, 0.2) is 76.0 Å². The Morgan fingerprint density at radius 3 is 2.38 bits per heavy atom. The highest BCUT2D eigenvalue weighted by Crippen LogP contribution is 2.10. The van der Waals surface area contributed by atoms with Crippen molar-refractivity contribution in [2.75, 3.05) is 7.05 Å². The number of amides is 2. The van der Waals surface area contributed by atoms with E-state index in [-0.39, 0.29) is 11.7 Å². The molecule has 3 rings (SSSR count). The van der Waals surface area contributed by atoms with Crippen molar-refractivity contribution in [3.63, 3.8) is 0 Å². The number of hydrogen-bond donors (Lipinski definition) is 1. The number of nitrogens with one attached hydrogen (secondary N) is 1. The summed E-state index contributed by atoms with van der Waals surface area (Å²) in [4.78, 5) is 26.8. The lowest BCUT2D eigenvalue weighted by Crippen LogP contribution is -2.48. The van der Waals surface area contributed by atoms with E-state index in [9.17, 15) is 9.59 Å². The lowest BCUT2D eigenvalue weighted by molar-refractivity contribution is -0.132. The predicted molar refractivity (Wildman–Crippen MR) is 95.3 cm³/mol. The monoisotopic (exact) mass is 352 g/mol. The second-order valence-corrected chi connectivity index (χ2v) is 5.97. The third-order valence-electron chi connectivity index (χ3n) is 3.98. The highest BCUT2D eigenvalue weighted by atomic mass is 16.3. The fourth-order valence-corrected chi connectivity index (χ4v) is 2.67. The van der Waals surface area contributed by atoms with Gasteiger partial charge in [0.15, 0.2) is 5.76 Å². The van der Waals surface area contributed by atoms with E-state index >= 15 is 0 Å². The summed E-state index contributed by atoms with van der Waals surface area (Å²) >= 11 is 0. The van der Waals surface area contributed by atoms with E-state index in [1.807, 2.05) is 30.3 Å². The van der Waals surface area contributed by atoms with E-state index in [0.717, 1.165) is 5.56 Å². The van der Waals surface area contributed by atoms with Crippen LogP contribution in [0.25, 0.3) is 0 Å². The molecule has 0 fully saturated rings. The lowest BCUT2D eigenvalue weighted by atomic mass is 10.0. The van der Waals surface area contributed by atoms with Crippen molar-refractivity contribution in [2.45, 2.75) is 19.0 Å². The van der Waals surface area contributed by atoms with E-state index in [4.69, 9.17) is 8.83 Å². The number of rotatable bonds is 7. The Morgan fingerprint density at radius 2 is 1.73 bits per heavy atom. The Balaban J connectivity index is 1.74. The predicted octanol–water partition coefficient (Wildman–Crippen LogP) is 2.87. The van der Waals surface area contributed by atoms with Gasteiger partial charge in [-0.25, -0.2) is 0 Å². The maximum Gasteiger partial charge on any atom is 0.287 e. The minimum absolute atomic E-state index is 0.171. The number of hydrogen-bond acceptors (Lipinski definition) is 4. The van der Waals surface area contributed by atoms with Gasteiger partial charge in [0.2, 0.25) is 5.91 Å². The minimum Gasteiger partial charge on any atom is -0.467 e. The van der Waals surface area contributed by atoms with Crippen LogP contribution in [0.2, 0.25) is 0 Å². The highest BCUT2D eigenvalue weighted by molar-refractivity contribution is 5.95. The Bertz CT molecular complexity index is 826. The number of likely N-dealkylation sites (N-methyl/N-ethyl adjacent to an activating group) is 1. The number of furan rings is 2. The van der Waals surface area contributed by atoms with Crippen LogP contribution in [0.5, 0.6) is 0 Å². The molecule has 2 heterocycles. The first kappa shape index (κ1) is 17.5. The van der Waals surface area contributed by atoms with Gasteiger partial charge in [-0.05, 0) is 29.8 Å². The summed E-state index contributed by atoms with van der Waals surface area (Å²) in [7, 11) is 1.68. The summed E-state index contributed by atoms with van der Waals surface area (Å²) in [6.07, 6.45) is 3.37. The standard InChI is InChI=1S/C20H20N2O4/c1-22(14-16-9-5-11-25-16)20(24)17(13-15-7-3-2-4-8-15)21-19(23)18-10-6-12-26-18/h2-12,17H,13-14H2,1H3,(H,21,23). The molecular formula is C20H20N2O4. The van der Waals surface area contributed by atoms with E-state index in [0.29, 0.717) is 18.7 Å². The molecule has 134 valence electrons. The average Bonchev–Trinajstić information content (AvgIpc) is 3.35. The van der Waals surface area contributed by atoms with Gasteiger partial charge in [-0.1, -0.05) is 30.3 Å². The number of carbonyl (C=O) groups excluding carboxylic acids is 2. The largest absolute Gasteiger partial charge is 0.467 e. The maximum atomic E-state index is 12.9. The third-order valence-corrected chi connectivity index (χ3v) is 3.98. The van der Waals surface area contributed by atoms with Crippen LogP contribution in [0.4, 0.5) is 0 Å². The Labute approximate surface area is 151 Å². The summed E-state index contributed by atoms with van der Waals surface area (Å²) in [5.74, 6) is 0.224. The third kappa shape index (κ3) is 4.42. The minimum atomic E-state index is -0.713. The number of benzene rings is 1. The van der Waals surface area contributed by atoms with Crippen LogP contribution < -0.4 is 5.32 Å². The van der Waals surface area contributed by atoms with Crippen LogP contribution in [-0.4, -0.2) is 29.8 Å². The molecule has 0 aliphatic carbocycles. The molecule has 6 heteroatoms. The van der Waals surface area contributed by atoms with E-state index in [1.54, 1.807) is 37.6 Å². The molecule has 2 amide bonds. The summed E-state index contributed by atoms with van der Waals surface area (Å²) in [5, 5.41) is 2.77. The van der Waals surface area contributed by atoms with Gasteiger partial charge in [-0.2, -0.15) is 0 Å². The summed E-state index contributed by atoms with van der Waals surface area (Å²) in [5.41, 5.74) is 0.956. The second-order valence-electron chi connectivity index (χ2n) is 5.97. The fourth-order valence-electron chi connectivity index (χ4n) is 2.67. The van der Waals surface area contributed by atoms with Crippen LogP contribution in [-0.2, 0) is 17.8 Å². The molecule has 1 aromatic carbocycles. The molecule has 26 heavy (non-hydrogen) atoms. The topological polar surface area (TPSA) is 75.7 Å². The molecule has 6 nitrogen and oxygen atoms in total. The van der Waals surface area contributed by atoms with E-state index in [1.165, 1.54) is 11.2 Å². The van der Waals surface area contributed by atoms with Crippen molar-refractivity contribution in [3.8, 4) is 0 Å². The van der Waals surface area contributed by atoms with Crippen molar-refractivity contribution in [1.82, 2.24) is 10.2 Å². The van der Waals surface area contributed by atoms with Gasteiger partial charge in [0.1, 0.15) is 11.8 Å². The Morgan fingerprint density at radius 1 is 1.00 bits per heavy atom. The molecule has 0 spiro atoms. The second kappa shape index (κ2) is 8.20. The van der Waals surface area contributed by atoms with Crippen molar-refractivity contribution >= 4 is 11.8 Å². The molecule has 0 radical (unpaired) electrons. The maximum absolute atomic E-state index is 12.9. The van der Waals surface area contributed by atoms with Gasteiger partial charge >= 0.3 is 0 Å². The average molecular weight is 352 g/mol. The molecule has 0 saturated heterocycles. The smallest absolute Gasteiger partial charge is 0.287 e. The quantitative estimate of drug-likeness (QED) is 0.709. The van der Waals surface area contributed by atoms with E-state index in [2.05, 4.69) is 5.32 Å². The first-order chi connectivity index (χ1) is 12.6. The summed E-state index contributed by atoms with van der Waals surface area (Å²) < 4.78 is 10.4. The van der Waals surface area contributed by atoms with Gasteiger partial charge in [-0.15, -0.1) is 0 Å². The van der Waals surface area contributed by atoms with Gasteiger partial charge in [0.25, 0.3) is 5.91 Å². The van der Waals surface area contributed by atoms with Crippen LogP contribution >= 0.6 is 0 Å². The molecule has 0 saturated carbocycles. The SMILES string of the molecule is CN(Cc1ccco1)C(=O)C(Cc1ccccc1)NC(=O)c1ccco1. The summed E-state index contributed by atoms with van der Waals surface area (Å²) in [6.45, 7) is 0.327. The zero-order valence-electron chi connectivity index (χ0n) is 14.4. The molecule has 2 aromatic heterocycles. The molecule has 3 aromatic rings. The molecule has 0 aliphatic rings. The highest BCUT2D eigenvalue weighted by Gasteiger charge is 2.26. The normalized spacial score (nSPS) is 11.7. The van der Waals surface area contributed by atoms with Gasteiger partial charge < -0.3 is 19.1 Å². The molecule has 0 aliphatic heterocycles. The van der Waals surface area contributed by atoms with Crippen molar-refractivity contribution in [1.29, 1.82) is 0 Å². The summed E-state index contributed by atoms with van der Waals surface area (Å²) in [6, 6.07) is 15.6. The van der Waals surface area contributed by atoms with Gasteiger partial charge in [0.05, 0.1) is 19.1 Å². The zero-order chi connectivity index (χ0) is 18.4. The van der Waals surface area contributed by atoms with Crippen molar-refractivity contribution in [2.24, 2.45) is 0 Å². The van der Waals surface area contributed by atoms with Crippen LogP contribution in [0.3, 0.4) is 0 Å². The van der Waals surface area contributed by atoms with Crippen molar-refractivity contribution < 1.29 is 18.4 Å². The first-order valence-corrected chi connectivity index (χ1v) is 8.29. The fraction of sp³-hybridized carbons (Fsp3) is 0.200. The van der Waals surface area contributed by atoms with Crippen LogP contribution in [0, 0.1) is 0 Å². The lowest BCUT2D eigenvalue weighted by Gasteiger charge is -2.24. The number of carbonyl (C=O) groups is 2. The Kier molecular flexibility index (Phi) is 5.53. The number of nitrogens with zero attached hydrogens (tertiary/aromatic N) is 1. The molecular weight excluding hydrogens is 332 g/mol. The van der Waals surface area contributed by atoms with Crippen molar-refractivity contribution in [3.05, 3.63) is 84.2 Å². The van der Waals surface area contributed by atoms with E-state index < -0.39 is 11.9 Å².